The van der Waals surface area contributed by atoms with Gasteiger partial charge in [0.25, 0.3) is 0 Å². The predicted molar refractivity (Wildman–Crippen MR) is 250 cm³/mol. The monoisotopic (exact) mass is 835 g/mol. The minimum Gasteiger partial charge on any atom is -0.455 e. The van der Waals surface area contributed by atoms with Gasteiger partial charge in [-0.25, -0.2) is 8.78 Å². The van der Waals surface area contributed by atoms with Crippen LogP contribution in [0.3, 0.4) is 0 Å². The molecule has 2 aliphatic rings. The molecule has 2 aliphatic heterocycles. The number of fused-ring (bicyclic) bond motifs is 16. The van der Waals surface area contributed by atoms with Crippen LogP contribution in [0.1, 0.15) is 61.1 Å². The van der Waals surface area contributed by atoms with E-state index in [-0.39, 0.29) is 5.41 Å². The normalized spacial score (nSPS) is 15.6. The molecule has 0 saturated carbocycles. The summed E-state index contributed by atoms with van der Waals surface area (Å²) in [6.45, 7) is 23.5. The van der Waals surface area contributed by atoms with Crippen molar-refractivity contribution in [3.8, 4) is 39.5 Å². The number of imidazole rings is 1. The summed E-state index contributed by atoms with van der Waals surface area (Å²) in [4.78, 5) is 0. The van der Waals surface area contributed by atoms with Crippen LogP contribution in [0.5, 0.6) is 0 Å². The fourth-order valence-corrected chi connectivity index (χ4v) is 12.8. The summed E-state index contributed by atoms with van der Waals surface area (Å²) in [5.41, 5.74) is 15.8. The summed E-state index contributed by atoms with van der Waals surface area (Å²) in [5, 5.41) is 3.17. The number of nitrogens with zero attached hydrogens (tertiary/aromatic N) is 3. The number of para-hydroxylation sites is 2. The molecular formula is C55H51F2N3OSi+2. The lowest BCUT2D eigenvalue weighted by Crippen LogP contribution is -2.72. The number of aromatic nitrogens is 3. The smallest absolute Gasteiger partial charge is 0.364 e. The third-order valence-electron chi connectivity index (χ3n) is 14.4. The Bertz CT molecular complexity index is 3380. The molecule has 6 aromatic carbocycles. The largest absolute Gasteiger partial charge is 0.455 e. The van der Waals surface area contributed by atoms with Gasteiger partial charge < -0.3 is 4.42 Å². The number of hydrogen-bond acceptors (Lipinski definition) is 1. The maximum atomic E-state index is 14.9. The van der Waals surface area contributed by atoms with Gasteiger partial charge in [0.15, 0.2) is 22.8 Å². The molecule has 7 heteroatoms. The minimum absolute atomic E-state index is 0.0684. The van der Waals surface area contributed by atoms with Crippen LogP contribution >= 0.6 is 0 Å². The van der Waals surface area contributed by atoms with Crippen molar-refractivity contribution in [2.45, 2.75) is 79.2 Å². The van der Waals surface area contributed by atoms with Crippen molar-refractivity contribution in [2.24, 2.45) is 5.92 Å². The van der Waals surface area contributed by atoms with Crippen LogP contribution in [0.2, 0.25) is 19.6 Å². The molecule has 11 rings (SSSR count). The van der Waals surface area contributed by atoms with Gasteiger partial charge in [0, 0.05) is 28.1 Å². The first-order valence-corrected chi connectivity index (χ1v) is 25.3. The van der Waals surface area contributed by atoms with Crippen LogP contribution in [0.25, 0.3) is 72.4 Å². The molecule has 3 aromatic heterocycles. The minimum atomic E-state index is -1.97. The van der Waals surface area contributed by atoms with E-state index in [9.17, 15) is 8.78 Å². The van der Waals surface area contributed by atoms with Gasteiger partial charge in [-0.2, -0.15) is 4.57 Å². The molecular weight excluding hydrogens is 785 g/mol. The zero-order chi connectivity index (χ0) is 43.4. The van der Waals surface area contributed by atoms with Gasteiger partial charge in [0.05, 0.1) is 24.8 Å². The van der Waals surface area contributed by atoms with Crippen LogP contribution < -0.4 is 14.3 Å². The average Bonchev–Trinajstić information content (AvgIpc) is 3.93. The summed E-state index contributed by atoms with van der Waals surface area (Å²) in [7, 11) is -1.97. The molecule has 9 aromatic rings. The van der Waals surface area contributed by atoms with Gasteiger partial charge in [-0.05, 0) is 115 Å². The fraction of sp³-hybridized carbons (Fsp3) is 0.236. The van der Waals surface area contributed by atoms with Crippen molar-refractivity contribution in [3.63, 3.8) is 0 Å². The zero-order valence-electron chi connectivity index (χ0n) is 37.1. The van der Waals surface area contributed by atoms with Crippen molar-refractivity contribution < 1.29 is 22.3 Å². The lowest BCUT2D eigenvalue weighted by atomic mass is 9.75. The number of aryl methyl sites for hydroxylation is 3. The Hall–Kier alpha value is -6.18. The van der Waals surface area contributed by atoms with Crippen LogP contribution in [-0.4, -0.2) is 12.6 Å². The summed E-state index contributed by atoms with van der Waals surface area (Å²) < 4.78 is 44.6. The molecule has 0 aliphatic carbocycles. The van der Waals surface area contributed by atoms with Crippen molar-refractivity contribution >= 4 is 46.2 Å². The molecule has 308 valence electrons. The van der Waals surface area contributed by atoms with E-state index in [1.165, 1.54) is 56.4 Å². The lowest BCUT2D eigenvalue weighted by Gasteiger charge is -2.34. The molecule has 0 saturated heterocycles. The van der Waals surface area contributed by atoms with E-state index in [4.69, 9.17) is 4.42 Å². The number of pyridine rings is 1. The van der Waals surface area contributed by atoms with E-state index in [0.29, 0.717) is 17.1 Å². The Kier molecular flexibility index (Phi) is 8.07. The Morgan fingerprint density at radius 3 is 2.13 bits per heavy atom. The highest BCUT2D eigenvalue weighted by molar-refractivity contribution is 6.89. The summed E-state index contributed by atoms with van der Waals surface area (Å²) in [5.74, 6) is 0.217. The maximum absolute atomic E-state index is 14.9. The Balaban J connectivity index is 1.37. The quantitative estimate of drug-likeness (QED) is 0.125. The molecule has 1 atom stereocenters. The molecule has 0 fully saturated rings. The number of benzene rings is 6. The first-order valence-electron chi connectivity index (χ1n) is 21.8. The van der Waals surface area contributed by atoms with Gasteiger partial charge in [-0.3, -0.25) is 0 Å². The highest BCUT2D eigenvalue weighted by atomic mass is 28.3. The summed E-state index contributed by atoms with van der Waals surface area (Å²) >= 11 is 0. The van der Waals surface area contributed by atoms with E-state index in [2.05, 4.69) is 167 Å². The number of rotatable bonds is 5. The Labute approximate surface area is 362 Å². The van der Waals surface area contributed by atoms with Gasteiger partial charge >= 0.3 is 11.5 Å². The first kappa shape index (κ1) is 38.7. The van der Waals surface area contributed by atoms with Crippen molar-refractivity contribution in [1.82, 2.24) is 4.57 Å². The van der Waals surface area contributed by atoms with Gasteiger partial charge in [0.1, 0.15) is 28.5 Å². The molecule has 1 spiro atoms. The topological polar surface area (TPSA) is 25.8 Å². The predicted octanol–water partition coefficient (Wildman–Crippen LogP) is 12.7. The second kappa shape index (κ2) is 12.9. The molecule has 1 unspecified atom stereocenters. The highest BCUT2D eigenvalue weighted by Gasteiger charge is 2.67. The molecule has 5 heterocycles. The average molecular weight is 836 g/mol. The van der Waals surface area contributed by atoms with Gasteiger partial charge in [-0.15, -0.1) is 9.13 Å². The number of furan rings is 1. The summed E-state index contributed by atoms with van der Waals surface area (Å²) in [6.07, 6.45) is 2.53. The van der Waals surface area contributed by atoms with Crippen molar-refractivity contribution in [2.75, 3.05) is 0 Å². The summed E-state index contributed by atoms with van der Waals surface area (Å²) in [6, 6.07) is 38.9. The van der Waals surface area contributed by atoms with Crippen molar-refractivity contribution in [1.29, 1.82) is 0 Å². The zero-order valence-corrected chi connectivity index (χ0v) is 38.1. The molecule has 0 amide bonds. The number of halogens is 2. The van der Waals surface area contributed by atoms with Crippen molar-refractivity contribution in [3.05, 3.63) is 166 Å². The Morgan fingerprint density at radius 1 is 0.742 bits per heavy atom. The molecule has 4 nitrogen and oxygen atoms in total. The van der Waals surface area contributed by atoms with Crippen LogP contribution in [0.4, 0.5) is 8.78 Å². The molecule has 0 radical (unpaired) electrons. The maximum Gasteiger partial charge on any atom is 0.364 e. The van der Waals surface area contributed by atoms with E-state index in [1.807, 2.05) is 18.2 Å². The molecule has 0 bridgehead atoms. The van der Waals surface area contributed by atoms with Crippen LogP contribution in [0.15, 0.2) is 126 Å². The third kappa shape index (κ3) is 5.03. The lowest BCUT2D eigenvalue weighted by molar-refractivity contribution is -0.944. The molecule has 0 N–H and O–H groups in total. The Morgan fingerprint density at radius 2 is 1.42 bits per heavy atom. The number of hydrogen-bond donors (Lipinski definition) is 0. The second-order valence-electron chi connectivity index (χ2n) is 19.7. The van der Waals surface area contributed by atoms with E-state index < -0.39 is 25.4 Å². The first-order chi connectivity index (χ1) is 29.5. The van der Waals surface area contributed by atoms with E-state index in [1.54, 1.807) is 0 Å². The fourth-order valence-electron chi connectivity index (χ4n) is 11.1. The van der Waals surface area contributed by atoms with E-state index in [0.717, 1.165) is 61.7 Å². The molecule has 62 heavy (non-hydrogen) atoms. The highest BCUT2D eigenvalue weighted by Crippen LogP contribution is 2.53. The van der Waals surface area contributed by atoms with Gasteiger partial charge in [0.2, 0.25) is 5.69 Å². The second-order valence-corrected chi connectivity index (χ2v) is 24.8. The standard InChI is InChI=1S/C55H51F2N3OSi/c1-31(2)54(6,7)43-29-46-39-16-11-12-18-41(39)55(58(46)30-48(43)62(8,9)10)42-23-22-40-49-38(35-26-36(56)28-37(57)27-35)17-15-21-47(49)61-52(40)50(42)53-59(44-19-13-14-20-45(44)60(53)55)51-33(4)24-32(3)25-34(51)5/h11-31H,1-10H3/q+2. The third-order valence-corrected chi connectivity index (χ3v) is 16.4. The van der Waals surface area contributed by atoms with E-state index >= 15 is 0 Å². The van der Waals surface area contributed by atoms with Crippen LogP contribution in [-0.2, 0) is 11.1 Å². The van der Waals surface area contributed by atoms with Gasteiger partial charge in [-0.1, -0.05) is 101 Å². The van der Waals surface area contributed by atoms with Crippen LogP contribution in [0, 0.1) is 38.3 Å². The SMILES string of the molecule is Cc1cc(C)c(-n2c3[n+](c4ccccc42)C2(c4ccccc4-c4cc(C(C)(C)C(C)C)c([Si](C)(C)C)c[n+]42)c2ccc4c(oc5cccc(-c6cc(F)cc(F)c6)c54)c2-3)c(C)c1.